The summed E-state index contributed by atoms with van der Waals surface area (Å²) in [6.45, 7) is 1.24. The summed E-state index contributed by atoms with van der Waals surface area (Å²) >= 11 is 0. The van der Waals surface area contributed by atoms with Gasteiger partial charge in [0, 0.05) is 19.0 Å². The summed E-state index contributed by atoms with van der Waals surface area (Å²) in [6, 6.07) is 0.205. The van der Waals surface area contributed by atoms with E-state index >= 15 is 0 Å². The Labute approximate surface area is 101 Å². The van der Waals surface area contributed by atoms with Crippen molar-refractivity contribution < 1.29 is 4.79 Å². The number of aromatic nitrogens is 3. The van der Waals surface area contributed by atoms with Crippen molar-refractivity contribution in [3.05, 3.63) is 12.7 Å². The van der Waals surface area contributed by atoms with Crippen LogP contribution in [0.25, 0.3) is 0 Å². The maximum Gasteiger partial charge on any atom is 0.220 e. The van der Waals surface area contributed by atoms with E-state index in [4.69, 9.17) is 5.73 Å². The van der Waals surface area contributed by atoms with Crippen LogP contribution in [0.15, 0.2) is 12.7 Å². The summed E-state index contributed by atoms with van der Waals surface area (Å²) in [7, 11) is 0. The van der Waals surface area contributed by atoms with Gasteiger partial charge >= 0.3 is 0 Å². The molecule has 0 radical (unpaired) electrons. The van der Waals surface area contributed by atoms with Crippen LogP contribution in [0.5, 0.6) is 0 Å². The zero-order valence-corrected chi connectivity index (χ0v) is 9.88. The number of rotatable bonds is 5. The summed E-state index contributed by atoms with van der Waals surface area (Å²) in [6.07, 6.45) is 6.96. The first-order valence-corrected chi connectivity index (χ1v) is 6.10. The van der Waals surface area contributed by atoms with Gasteiger partial charge in [0.15, 0.2) is 0 Å². The predicted octanol–water partition coefficient (Wildman–Crippen LogP) is -0.0882. The molecule has 0 aliphatic heterocycles. The van der Waals surface area contributed by atoms with E-state index in [1.807, 2.05) is 0 Å². The third kappa shape index (κ3) is 3.52. The fourth-order valence-corrected chi connectivity index (χ4v) is 2.29. The van der Waals surface area contributed by atoms with Crippen molar-refractivity contribution in [2.24, 2.45) is 11.7 Å². The molecule has 1 aromatic heterocycles. The van der Waals surface area contributed by atoms with Crippen LogP contribution in [0.2, 0.25) is 0 Å². The second kappa shape index (κ2) is 5.77. The van der Waals surface area contributed by atoms with Crippen LogP contribution in [-0.2, 0) is 11.3 Å². The highest BCUT2D eigenvalue weighted by molar-refractivity contribution is 5.76. The maximum atomic E-state index is 11.7. The van der Waals surface area contributed by atoms with Gasteiger partial charge < -0.3 is 11.1 Å². The zero-order chi connectivity index (χ0) is 12.1. The molecule has 0 spiro atoms. The predicted molar refractivity (Wildman–Crippen MR) is 63.0 cm³/mol. The van der Waals surface area contributed by atoms with Crippen LogP contribution in [-0.4, -0.2) is 33.3 Å². The molecule has 1 aromatic rings. The maximum absolute atomic E-state index is 11.7. The highest BCUT2D eigenvalue weighted by atomic mass is 16.1. The Morgan fingerprint density at radius 2 is 2.41 bits per heavy atom. The summed E-state index contributed by atoms with van der Waals surface area (Å²) in [4.78, 5) is 15.5. The van der Waals surface area contributed by atoms with E-state index in [1.54, 1.807) is 11.0 Å². The lowest BCUT2D eigenvalue weighted by molar-refractivity contribution is -0.122. The fourth-order valence-electron chi connectivity index (χ4n) is 2.29. The van der Waals surface area contributed by atoms with Crippen molar-refractivity contribution in [1.29, 1.82) is 0 Å². The lowest BCUT2D eigenvalue weighted by atomic mass is 10.00. The third-order valence-corrected chi connectivity index (χ3v) is 3.30. The highest BCUT2D eigenvalue weighted by Crippen LogP contribution is 2.26. The number of hydrogen-bond acceptors (Lipinski definition) is 4. The molecular weight excluding hydrogens is 218 g/mol. The monoisotopic (exact) mass is 237 g/mol. The number of amides is 1. The summed E-state index contributed by atoms with van der Waals surface area (Å²) in [5.41, 5.74) is 5.93. The molecule has 1 aliphatic rings. The van der Waals surface area contributed by atoms with Crippen LogP contribution in [0.3, 0.4) is 0 Å². The first-order chi connectivity index (χ1) is 8.25. The summed E-state index contributed by atoms with van der Waals surface area (Å²) < 4.78 is 1.70. The van der Waals surface area contributed by atoms with E-state index in [2.05, 4.69) is 15.4 Å². The van der Waals surface area contributed by atoms with Gasteiger partial charge in [0.25, 0.3) is 0 Å². The summed E-state index contributed by atoms with van der Waals surface area (Å²) in [5.74, 6) is 0.453. The van der Waals surface area contributed by atoms with E-state index in [0.29, 0.717) is 25.4 Å². The molecule has 17 heavy (non-hydrogen) atoms. The first kappa shape index (κ1) is 12.0. The Bertz CT molecular complexity index is 351. The molecule has 2 atom stereocenters. The molecule has 0 bridgehead atoms. The number of carbonyl (C=O) groups is 1. The van der Waals surface area contributed by atoms with Gasteiger partial charge in [-0.15, -0.1) is 0 Å². The lowest BCUT2D eigenvalue weighted by Gasteiger charge is -2.14. The second-order valence-corrected chi connectivity index (χ2v) is 4.57. The van der Waals surface area contributed by atoms with Gasteiger partial charge in [0.1, 0.15) is 12.7 Å². The quantitative estimate of drug-likeness (QED) is 0.749. The van der Waals surface area contributed by atoms with E-state index in [-0.39, 0.29) is 11.9 Å². The molecule has 94 valence electrons. The third-order valence-electron chi connectivity index (χ3n) is 3.30. The van der Waals surface area contributed by atoms with E-state index < -0.39 is 0 Å². The molecule has 1 heterocycles. The highest BCUT2D eigenvalue weighted by Gasteiger charge is 2.25. The number of hydrogen-bond donors (Lipinski definition) is 2. The Hall–Kier alpha value is -1.43. The largest absolute Gasteiger partial charge is 0.354 e. The van der Waals surface area contributed by atoms with Gasteiger partial charge in [-0.05, 0) is 18.8 Å². The number of nitrogens with two attached hydrogens (primary N) is 1. The van der Waals surface area contributed by atoms with Gasteiger partial charge in [0.2, 0.25) is 5.91 Å². The number of nitrogens with zero attached hydrogens (tertiary/aromatic N) is 3. The van der Waals surface area contributed by atoms with Gasteiger partial charge in [-0.2, -0.15) is 5.10 Å². The van der Waals surface area contributed by atoms with Crippen LogP contribution >= 0.6 is 0 Å². The molecule has 6 heteroatoms. The minimum atomic E-state index is 0.0902. The van der Waals surface area contributed by atoms with Crippen molar-refractivity contribution in [2.75, 3.05) is 6.54 Å². The van der Waals surface area contributed by atoms with Crippen molar-refractivity contribution in [3.8, 4) is 0 Å². The molecule has 1 saturated carbocycles. The Kier molecular flexibility index (Phi) is 4.08. The van der Waals surface area contributed by atoms with E-state index in [0.717, 1.165) is 19.3 Å². The zero-order valence-electron chi connectivity index (χ0n) is 9.88. The molecule has 1 fully saturated rings. The molecule has 0 unspecified atom stereocenters. The van der Waals surface area contributed by atoms with Crippen molar-refractivity contribution in [3.63, 3.8) is 0 Å². The normalized spacial score (nSPS) is 23.8. The van der Waals surface area contributed by atoms with E-state index in [1.165, 1.54) is 6.33 Å². The molecule has 3 N–H and O–H groups in total. The van der Waals surface area contributed by atoms with Crippen LogP contribution in [0, 0.1) is 5.92 Å². The smallest absolute Gasteiger partial charge is 0.220 e. The fraction of sp³-hybridized carbons (Fsp3) is 0.727. The van der Waals surface area contributed by atoms with Crippen LogP contribution in [0.1, 0.15) is 25.7 Å². The molecule has 2 rings (SSSR count). The molecular formula is C11H19N5O. The Balaban J connectivity index is 1.64. The van der Waals surface area contributed by atoms with Crippen LogP contribution in [0.4, 0.5) is 0 Å². The summed E-state index contributed by atoms with van der Waals surface area (Å²) in [5, 5.41) is 6.85. The minimum Gasteiger partial charge on any atom is -0.354 e. The standard InChI is InChI=1S/C11H19N5O/c12-10-3-1-2-9(10)6-11(17)14-4-5-16-8-13-7-15-16/h7-10H,1-6,12H2,(H,14,17)/t9-,10+/m0/s1. The number of carbonyl (C=O) groups excluding carboxylic acids is 1. The Morgan fingerprint density at radius 3 is 3.06 bits per heavy atom. The SMILES string of the molecule is N[C@@H]1CCC[C@H]1CC(=O)NCCn1cncn1. The van der Waals surface area contributed by atoms with Crippen molar-refractivity contribution in [2.45, 2.75) is 38.3 Å². The molecule has 6 nitrogen and oxygen atoms in total. The average Bonchev–Trinajstić information content (AvgIpc) is 2.92. The average molecular weight is 237 g/mol. The minimum absolute atomic E-state index is 0.0902. The molecule has 1 aliphatic carbocycles. The Morgan fingerprint density at radius 1 is 1.53 bits per heavy atom. The molecule has 0 saturated heterocycles. The van der Waals surface area contributed by atoms with Crippen molar-refractivity contribution in [1.82, 2.24) is 20.1 Å². The second-order valence-electron chi connectivity index (χ2n) is 4.57. The van der Waals surface area contributed by atoms with Gasteiger partial charge in [-0.3, -0.25) is 9.48 Å². The van der Waals surface area contributed by atoms with Crippen LogP contribution < -0.4 is 11.1 Å². The number of nitrogens with one attached hydrogen (secondary N) is 1. The molecule has 0 aromatic carbocycles. The lowest BCUT2D eigenvalue weighted by Crippen LogP contribution is -2.33. The first-order valence-electron chi connectivity index (χ1n) is 6.10. The van der Waals surface area contributed by atoms with Gasteiger partial charge in [-0.1, -0.05) is 6.42 Å². The van der Waals surface area contributed by atoms with Gasteiger partial charge in [0.05, 0.1) is 6.54 Å². The van der Waals surface area contributed by atoms with Crippen molar-refractivity contribution >= 4 is 5.91 Å². The topological polar surface area (TPSA) is 85.8 Å². The molecule has 1 amide bonds. The van der Waals surface area contributed by atoms with Gasteiger partial charge in [-0.25, -0.2) is 4.98 Å². The van der Waals surface area contributed by atoms with E-state index in [9.17, 15) is 4.79 Å².